The zero-order valence-corrected chi connectivity index (χ0v) is 17.6. The maximum atomic E-state index is 12.5. The van der Waals surface area contributed by atoms with Gasteiger partial charge in [0.05, 0.1) is 12.0 Å². The Morgan fingerprint density at radius 2 is 1.76 bits per heavy atom. The van der Waals surface area contributed by atoms with E-state index in [-0.39, 0.29) is 23.8 Å². The number of aryl methyl sites for hydroxylation is 1. The Kier molecular flexibility index (Phi) is 6.76. The molecule has 0 spiro atoms. The van der Waals surface area contributed by atoms with Gasteiger partial charge in [0.2, 0.25) is 15.9 Å². The van der Waals surface area contributed by atoms with E-state index < -0.39 is 10.0 Å². The van der Waals surface area contributed by atoms with E-state index in [1.807, 2.05) is 31.2 Å². The lowest BCUT2D eigenvalue weighted by Crippen LogP contribution is -2.49. The molecule has 0 radical (unpaired) electrons. The molecule has 0 aliphatic carbocycles. The number of nitrogens with zero attached hydrogens (tertiary/aromatic N) is 2. The number of ether oxygens (including phenoxy) is 1. The summed E-state index contributed by atoms with van der Waals surface area (Å²) in [5.41, 5.74) is 2.06. The molecule has 1 fully saturated rings. The van der Waals surface area contributed by atoms with Gasteiger partial charge in [-0.2, -0.15) is 0 Å². The van der Waals surface area contributed by atoms with Crippen LogP contribution >= 0.6 is 0 Å². The predicted molar refractivity (Wildman–Crippen MR) is 113 cm³/mol. The van der Waals surface area contributed by atoms with E-state index in [4.69, 9.17) is 4.74 Å². The van der Waals surface area contributed by atoms with Gasteiger partial charge < -0.3 is 14.5 Å². The van der Waals surface area contributed by atoms with Crippen LogP contribution in [0.4, 0.5) is 5.69 Å². The molecule has 0 bridgehead atoms. The van der Waals surface area contributed by atoms with E-state index in [2.05, 4.69) is 9.62 Å². The lowest BCUT2D eigenvalue weighted by Gasteiger charge is -2.36. The first kappa shape index (κ1) is 21.1. The van der Waals surface area contributed by atoms with Crippen molar-refractivity contribution < 1.29 is 17.9 Å². The van der Waals surface area contributed by atoms with Gasteiger partial charge in [-0.25, -0.2) is 13.1 Å². The zero-order valence-electron chi connectivity index (χ0n) is 16.8. The lowest BCUT2D eigenvalue weighted by molar-refractivity contribution is -0.131. The zero-order chi connectivity index (χ0) is 20.9. The van der Waals surface area contributed by atoms with E-state index in [9.17, 15) is 13.2 Å². The van der Waals surface area contributed by atoms with E-state index in [1.54, 1.807) is 36.3 Å². The minimum absolute atomic E-state index is 0.0399. The number of hydrogen-bond donors (Lipinski definition) is 1. The van der Waals surface area contributed by atoms with Gasteiger partial charge in [0.25, 0.3) is 0 Å². The highest BCUT2D eigenvalue weighted by Gasteiger charge is 2.22. The molecule has 8 heteroatoms. The Labute approximate surface area is 172 Å². The van der Waals surface area contributed by atoms with Crippen molar-refractivity contribution in [1.82, 2.24) is 9.62 Å². The first-order valence-electron chi connectivity index (χ1n) is 9.62. The highest BCUT2D eigenvalue weighted by atomic mass is 32.2. The van der Waals surface area contributed by atoms with Gasteiger partial charge in [0, 0.05) is 50.9 Å². The lowest BCUT2D eigenvalue weighted by atomic mass is 10.2. The van der Waals surface area contributed by atoms with Crippen LogP contribution in [0.2, 0.25) is 0 Å². The molecule has 7 nitrogen and oxygen atoms in total. The molecule has 1 saturated heterocycles. The predicted octanol–water partition coefficient (Wildman–Crippen LogP) is 2.02. The highest BCUT2D eigenvalue weighted by molar-refractivity contribution is 7.89. The maximum absolute atomic E-state index is 12.5. The van der Waals surface area contributed by atoms with Gasteiger partial charge in [-0.15, -0.1) is 0 Å². The highest BCUT2D eigenvalue weighted by Crippen LogP contribution is 2.22. The average Bonchev–Trinajstić information content (AvgIpc) is 2.74. The molecule has 1 N–H and O–H groups in total. The van der Waals surface area contributed by atoms with Crippen molar-refractivity contribution in [2.24, 2.45) is 0 Å². The molecule has 0 aromatic heterocycles. The summed E-state index contributed by atoms with van der Waals surface area (Å²) in [5, 5.41) is 0. The van der Waals surface area contributed by atoms with Crippen LogP contribution in [0.3, 0.4) is 0 Å². The second-order valence-corrected chi connectivity index (χ2v) is 8.80. The van der Waals surface area contributed by atoms with Crippen LogP contribution in [-0.2, 0) is 14.8 Å². The molecule has 1 heterocycles. The minimum atomic E-state index is -3.60. The summed E-state index contributed by atoms with van der Waals surface area (Å²) in [6.45, 7) is 4.67. The number of anilines is 1. The topological polar surface area (TPSA) is 79.0 Å². The standard InChI is InChI=1S/C21H27N3O4S/c1-17-6-8-20(9-7-17)29(26,27)22-11-10-21(25)24-14-12-23(13-15-24)18-4-3-5-19(16-18)28-2/h3-9,16,22H,10-15H2,1-2H3. The number of benzene rings is 2. The number of sulfonamides is 1. The van der Waals surface area contributed by atoms with Crippen LogP contribution in [0.1, 0.15) is 12.0 Å². The van der Waals surface area contributed by atoms with Gasteiger partial charge >= 0.3 is 0 Å². The third kappa shape index (κ3) is 5.48. The van der Waals surface area contributed by atoms with Crippen LogP contribution < -0.4 is 14.4 Å². The third-order valence-electron chi connectivity index (χ3n) is 5.01. The van der Waals surface area contributed by atoms with Gasteiger partial charge in [0.15, 0.2) is 0 Å². The molecule has 0 saturated carbocycles. The smallest absolute Gasteiger partial charge is 0.240 e. The minimum Gasteiger partial charge on any atom is -0.497 e. The van der Waals surface area contributed by atoms with Gasteiger partial charge in [-0.1, -0.05) is 23.8 Å². The summed E-state index contributed by atoms with van der Waals surface area (Å²) in [4.78, 5) is 16.7. The summed E-state index contributed by atoms with van der Waals surface area (Å²) in [6, 6.07) is 14.5. The molecule has 0 unspecified atom stereocenters. The number of carbonyl (C=O) groups is 1. The molecule has 0 atom stereocenters. The molecule has 3 rings (SSSR count). The van der Waals surface area contributed by atoms with Crippen molar-refractivity contribution in [3.05, 3.63) is 54.1 Å². The van der Waals surface area contributed by atoms with E-state index in [1.165, 1.54) is 0 Å². The molecule has 29 heavy (non-hydrogen) atoms. The second-order valence-electron chi connectivity index (χ2n) is 7.03. The number of carbonyl (C=O) groups excluding carboxylic acids is 1. The Bertz CT molecular complexity index is 937. The van der Waals surface area contributed by atoms with Crippen molar-refractivity contribution in [3.8, 4) is 5.75 Å². The van der Waals surface area contributed by atoms with Crippen LogP contribution in [0.15, 0.2) is 53.4 Å². The number of methoxy groups -OCH3 is 1. The first-order chi connectivity index (χ1) is 13.9. The van der Waals surface area contributed by atoms with Crippen molar-refractivity contribution in [2.45, 2.75) is 18.2 Å². The van der Waals surface area contributed by atoms with Gasteiger partial charge in [-0.3, -0.25) is 4.79 Å². The fourth-order valence-corrected chi connectivity index (χ4v) is 4.30. The molecule has 156 valence electrons. The van der Waals surface area contributed by atoms with E-state index >= 15 is 0 Å². The Morgan fingerprint density at radius 1 is 1.07 bits per heavy atom. The Balaban J connectivity index is 1.46. The molecule has 2 aromatic carbocycles. The summed E-state index contributed by atoms with van der Waals surface area (Å²) in [5.74, 6) is 0.767. The van der Waals surface area contributed by atoms with Crippen molar-refractivity contribution in [1.29, 1.82) is 0 Å². The number of nitrogens with one attached hydrogen (secondary N) is 1. The van der Waals surface area contributed by atoms with E-state index in [0.717, 1.165) is 30.1 Å². The van der Waals surface area contributed by atoms with Crippen molar-refractivity contribution in [2.75, 3.05) is 44.7 Å². The van der Waals surface area contributed by atoms with Crippen LogP contribution in [0.5, 0.6) is 5.75 Å². The summed E-state index contributed by atoms with van der Waals surface area (Å²) in [6.07, 6.45) is 0.143. The fourth-order valence-electron chi connectivity index (χ4n) is 3.27. The van der Waals surface area contributed by atoms with Crippen LogP contribution in [0, 0.1) is 6.92 Å². The van der Waals surface area contributed by atoms with Crippen molar-refractivity contribution >= 4 is 21.6 Å². The number of rotatable bonds is 7. The average molecular weight is 418 g/mol. The third-order valence-corrected chi connectivity index (χ3v) is 6.49. The van der Waals surface area contributed by atoms with Crippen LogP contribution in [-0.4, -0.2) is 59.1 Å². The molecule has 1 aliphatic rings. The fraction of sp³-hybridized carbons (Fsp3) is 0.381. The maximum Gasteiger partial charge on any atom is 0.240 e. The molecule has 1 aliphatic heterocycles. The summed E-state index contributed by atoms with van der Waals surface area (Å²) < 4.78 is 32.4. The van der Waals surface area contributed by atoms with Crippen molar-refractivity contribution in [3.63, 3.8) is 0 Å². The number of amides is 1. The monoisotopic (exact) mass is 417 g/mol. The second kappa shape index (κ2) is 9.28. The van der Waals surface area contributed by atoms with Crippen LogP contribution in [0.25, 0.3) is 0 Å². The summed E-state index contributed by atoms with van der Waals surface area (Å²) in [7, 11) is -1.95. The Morgan fingerprint density at radius 3 is 2.41 bits per heavy atom. The Hall–Kier alpha value is -2.58. The molecule has 2 aromatic rings. The van der Waals surface area contributed by atoms with Gasteiger partial charge in [-0.05, 0) is 31.2 Å². The quantitative estimate of drug-likeness (QED) is 0.746. The number of piperazine rings is 1. The molecular formula is C21H27N3O4S. The first-order valence-corrected chi connectivity index (χ1v) is 11.1. The van der Waals surface area contributed by atoms with Gasteiger partial charge in [0.1, 0.15) is 5.75 Å². The summed E-state index contributed by atoms with van der Waals surface area (Å²) >= 11 is 0. The normalized spacial score (nSPS) is 14.7. The van der Waals surface area contributed by atoms with E-state index in [0.29, 0.717) is 13.1 Å². The largest absolute Gasteiger partial charge is 0.497 e. The number of hydrogen-bond acceptors (Lipinski definition) is 5. The SMILES string of the molecule is COc1cccc(N2CCN(C(=O)CCNS(=O)(=O)c3ccc(C)cc3)CC2)c1. The molecule has 1 amide bonds. The molecular weight excluding hydrogens is 390 g/mol.